The van der Waals surface area contributed by atoms with Crippen LogP contribution in [0.25, 0.3) is 0 Å². The summed E-state index contributed by atoms with van der Waals surface area (Å²) >= 11 is 0. The lowest BCUT2D eigenvalue weighted by molar-refractivity contribution is 0.621. The van der Waals surface area contributed by atoms with Gasteiger partial charge in [-0.05, 0) is 25.0 Å². The van der Waals surface area contributed by atoms with E-state index < -0.39 is 0 Å². The van der Waals surface area contributed by atoms with Crippen LogP contribution in [-0.4, -0.2) is 24.6 Å². The number of rotatable bonds is 3. The molecule has 2 rings (SSSR count). The molecule has 2 heterocycles. The minimum Gasteiger partial charge on any atom is -0.357 e. The number of fused-ring (bicyclic) bond motifs is 1. The summed E-state index contributed by atoms with van der Waals surface area (Å²) in [6.45, 7) is 6.47. The van der Waals surface area contributed by atoms with Gasteiger partial charge in [0.1, 0.15) is 5.82 Å². The van der Waals surface area contributed by atoms with Crippen LogP contribution in [-0.2, 0) is 13.0 Å². The molecular formula is C13H22BrN3. The zero-order valence-corrected chi connectivity index (χ0v) is 12.6. The Kier molecular flexibility index (Phi) is 5.40. The van der Waals surface area contributed by atoms with E-state index in [4.69, 9.17) is 4.98 Å². The largest absolute Gasteiger partial charge is 0.357 e. The molecule has 96 valence electrons. The number of hydrogen-bond donors (Lipinski definition) is 1. The molecule has 0 spiro atoms. The second-order valence-electron chi connectivity index (χ2n) is 4.57. The number of halogens is 1. The molecule has 4 heteroatoms. The second-order valence-corrected chi connectivity index (χ2v) is 4.57. The number of nitrogens with zero attached hydrogens (tertiary/aromatic N) is 2. The first-order chi connectivity index (χ1) is 7.72. The van der Waals surface area contributed by atoms with Gasteiger partial charge < -0.3 is 10.2 Å². The number of hydrogen-bond acceptors (Lipinski definition) is 3. The average Bonchev–Trinajstić information content (AvgIpc) is 2.36. The lowest BCUT2D eigenvalue weighted by atomic mass is 10.1. The third kappa shape index (κ3) is 3.19. The van der Waals surface area contributed by atoms with E-state index >= 15 is 0 Å². The van der Waals surface area contributed by atoms with Crippen LogP contribution in [0.1, 0.15) is 31.5 Å². The highest BCUT2D eigenvalue weighted by Crippen LogP contribution is 2.19. The molecule has 0 aromatic carbocycles. The summed E-state index contributed by atoms with van der Waals surface area (Å²) in [5.41, 5.74) is 2.62. The van der Waals surface area contributed by atoms with Crippen molar-refractivity contribution in [2.75, 3.05) is 18.5 Å². The van der Waals surface area contributed by atoms with Gasteiger partial charge in [-0.15, -0.1) is 17.0 Å². The highest BCUT2D eigenvalue weighted by Gasteiger charge is 2.14. The Labute approximate surface area is 114 Å². The SMILES string of the molecule is Br.CC[C@H](C)N(C)c1ccc2c(n1)CCNC2. The van der Waals surface area contributed by atoms with Crippen molar-refractivity contribution in [1.29, 1.82) is 0 Å². The molecule has 1 atom stereocenters. The molecule has 1 N–H and O–H groups in total. The minimum absolute atomic E-state index is 0. The van der Waals surface area contributed by atoms with Crippen molar-refractivity contribution in [2.24, 2.45) is 0 Å². The second kappa shape index (κ2) is 6.36. The Morgan fingerprint density at radius 3 is 2.94 bits per heavy atom. The van der Waals surface area contributed by atoms with Gasteiger partial charge in [0, 0.05) is 38.3 Å². The number of aromatic nitrogens is 1. The molecule has 0 unspecified atom stereocenters. The maximum absolute atomic E-state index is 4.77. The van der Waals surface area contributed by atoms with Gasteiger partial charge in [0.05, 0.1) is 0 Å². The number of pyridine rings is 1. The third-order valence-corrected chi connectivity index (χ3v) is 3.52. The van der Waals surface area contributed by atoms with Crippen LogP contribution in [0, 0.1) is 0 Å². The molecule has 0 fully saturated rings. The van der Waals surface area contributed by atoms with Crippen LogP contribution in [0.5, 0.6) is 0 Å². The van der Waals surface area contributed by atoms with E-state index in [1.54, 1.807) is 0 Å². The van der Waals surface area contributed by atoms with Crippen LogP contribution in [0.15, 0.2) is 12.1 Å². The number of nitrogens with one attached hydrogen (secondary N) is 1. The van der Waals surface area contributed by atoms with Gasteiger partial charge in [-0.2, -0.15) is 0 Å². The molecule has 0 saturated carbocycles. The van der Waals surface area contributed by atoms with E-state index in [1.807, 2.05) is 0 Å². The van der Waals surface area contributed by atoms with Gasteiger partial charge in [0.15, 0.2) is 0 Å². The highest BCUT2D eigenvalue weighted by molar-refractivity contribution is 8.93. The quantitative estimate of drug-likeness (QED) is 0.930. The summed E-state index contributed by atoms with van der Waals surface area (Å²) in [6.07, 6.45) is 2.20. The van der Waals surface area contributed by atoms with Crippen molar-refractivity contribution in [1.82, 2.24) is 10.3 Å². The van der Waals surface area contributed by atoms with E-state index in [-0.39, 0.29) is 17.0 Å². The van der Waals surface area contributed by atoms with Crippen molar-refractivity contribution in [2.45, 2.75) is 39.3 Å². The van der Waals surface area contributed by atoms with Crippen molar-refractivity contribution < 1.29 is 0 Å². The molecule has 1 aromatic rings. The fourth-order valence-corrected chi connectivity index (χ4v) is 2.02. The lowest BCUT2D eigenvalue weighted by Gasteiger charge is -2.26. The zero-order valence-electron chi connectivity index (χ0n) is 10.9. The standard InChI is InChI=1S/C13H21N3.BrH/c1-4-10(2)16(3)13-6-5-11-9-14-8-7-12(11)15-13;/h5-6,10,14H,4,7-9H2,1-3H3;1H/t10-;/m0./s1. The van der Waals surface area contributed by atoms with Crippen molar-refractivity contribution in [3.8, 4) is 0 Å². The molecule has 1 aliphatic rings. The molecule has 1 aromatic heterocycles. The predicted molar refractivity (Wildman–Crippen MR) is 78.1 cm³/mol. The van der Waals surface area contributed by atoms with E-state index in [2.05, 4.69) is 43.2 Å². The fraction of sp³-hybridized carbons (Fsp3) is 0.615. The van der Waals surface area contributed by atoms with Gasteiger partial charge in [-0.1, -0.05) is 13.0 Å². The first-order valence-electron chi connectivity index (χ1n) is 6.14. The minimum atomic E-state index is 0. The van der Waals surface area contributed by atoms with E-state index in [1.165, 1.54) is 11.3 Å². The highest BCUT2D eigenvalue weighted by atomic mass is 79.9. The van der Waals surface area contributed by atoms with Gasteiger partial charge in [0.2, 0.25) is 0 Å². The first-order valence-corrected chi connectivity index (χ1v) is 6.14. The van der Waals surface area contributed by atoms with Gasteiger partial charge in [-0.3, -0.25) is 0 Å². The average molecular weight is 300 g/mol. The Morgan fingerprint density at radius 2 is 2.24 bits per heavy atom. The maximum Gasteiger partial charge on any atom is 0.128 e. The Hall–Kier alpha value is -0.610. The van der Waals surface area contributed by atoms with Crippen molar-refractivity contribution >= 4 is 22.8 Å². The van der Waals surface area contributed by atoms with Crippen LogP contribution in [0.3, 0.4) is 0 Å². The molecule has 0 aliphatic carbocycles. The predicted octanol–water partition coefficient (Wildman–Crippen LogP) is 2.54. The van der Waals surface area contributed by atoms with E-state index in [0.717, 1.165) is 31.7 Å². The van der Waals surface area contributed by atoms with Crippen LogP contribution in [0.4, 0.5) is 5.82 Å². The summed E-state index contributed by atoms with van der Waals surface area (Å²) in [7, 11) is 2.13. The monoisotopic (exact) mass is 299 g/mol. The smallest absolute Gasteiger partial charge is 0.128 e. The molecule has 0 bridgehead atoms. The fourth-order valence-electron chi connectivity index (χ4n) is 2.02. The van der Waals surface area contributed by atoms with Gasteiger partial charge in [0.25, 0.3) is 0 Å². The molecule has 0 saturated heterocycles. The molecule has 0 amide bonds. The van der Waals surface area contributed by atoms with Crippen molar-refractivity contribution in [3.05, 3.63) is 23.4 Å². The van der Waals surface area contributed by atoms with Crippen molar-refractivity contribution in [3.63, 3.8) is 0 Å². The summed E-state index contributed by atoms with van der Waals surface area (Å²) < 4.78 is 0. The molecule has 17 heavy (non-hydrogen) atoms. The third-order valence-electron chi connectivity index (χ3n) is 3.52. The summed E-state index contributed by atoms with van der Waals surface area (Å²) in [5, 5.41) is 3.37. The summed E-state index contributed by atoms with van der Waals surface area (Å²) in [5.74, 6) is 1.11. The number of anilines is 1. The van der Waals surface area contributed by atoms with E-state index in [0.29, 0.717) is 6.04 Å². The van der Waals surface area contributed by atoms with Crippen LogP contribution in [0.2, 0.25) is 0 Å². The van der Waals surface area contributed by atoms with Crippen LogP contribution < -0.4 is 10.2 Å². The summed E-state index contributed by atoms with van der Waals surface area (Å²) in [4.78, 5) is 7.03. The van der Waals surface area contributed by atoms with E-state index in [9.17, 15) is 0 Å². The lowest BCUT2D eigenvalue weighted by Crippen LogP contribution is -2.30. The van der Waals surface area contributed by atoms with Gasteiger partial charge >= 0.3 is 0 Å². The molecule has 0 radical (unpaired) electrons. The maximum atomic E-state index is 4.77. The Bertz CT molecular complexity index is 368. The Balaban J connectivity index is 0.00000144. The zero-order chi connectivity index (χ0) is 11.5. The molecule has 3 nitrogen and oxygen atoms in total. The Morgan fingerprint density at radius 1 is 1.47 bits per heavy atom. The molecule has 1 aliphatic heterocycles. The normalized spacial score (nSPS) is 15.7. The molecular weight excluding hydrogens is 278 g/mol. The first kappa shape index (κ1) is 14.5. The summed E-state index contributed by atoms with van der Waals surface area (Å²) in [6, 6.07) is 4.90. The van der Waals surface area contributed by atoms with Crippen LogP contribution >= 0.6 is 17.0 Å². The topological polar surface area (TPSA) is 28.2 Å². The van der Waals surface area contributed by atoms with Gasteiger partial charge in [-0.25, -0.2) is 4.98 Å².